The van der Waals surface area contributed by atoms with Crippen molar-refractivity contribution in [2.75, 3.05) is 18.1 Å². The fourth-order valence-electron chi connectivity index (χ4n) is 1.34. The van der Waals surface area contributed by atoms with E-state index in [0.29, 0.717) is 13.2 Å². The summed E-state index contributed by atoms with van der Waals surface area (Å²) in [6, 6.07) is 3.75. The van der Waals surface area contributed by atoms with E-state index in [9.17, 15) is 4.79 Å². The Hall–Kier alpha value is -0.590. The molecule has 2 N–H and O–H groups in total. The molecule has 0 saturated carbocycles. The third-order valence-electron chi connectivity index (χ3n) is 2.03. The average Bonchev–Trinajstić information content (AvgIpc) is 2.71. The summed E-state index contributed by atoms with van der Waals surface area (Å²) in [5.41, 5.74) is 5.55. The number of hydrogen-bond donors (Lipinski definition) is 1. The van der Waals surface area contributed by atoms with Crippen LogP contribution in [0.1, 0.15) is 0 Å². The van der Waals surface area contributed by atoms with Crippen molar-refractivity contribution in [3.05, 3.63) is 15.9 Å². The highest BCUT2D eigenvalue weighted by Crippen LogP contribution is 2.33. The number of amides is 1. The summed E-state index contributed by atoms with van der Waals surface area (Å²) in [6.45, 7) is 0.798. The van der Waals surface area contributed by atoms with Crippen molar-refractivity contribution in [1.82, 2.24) is 0 Å². The number of carbonyl (C=O) groups is 1. The summed E-state index contributed by atoms with van der Waals surface area (Å²) < 4.78 is 5.92. The molecule has 6 heteroatoms. The van der Waals surface area contributed by atoms with Gasteiger partial charge in [-0.25, -0.2) is 4.79 Å². The topological polar surface area (TPSA) is 55.6 Å². The molecule has 14 heavy (non-hydrogen) atoms. The van der Waals surface area contributed by atoms with E-state index in [1.54, 1.807) is 4.90 Å². The molecule has 76 valence electrons. The van der Waals surface area contributed by atoms with E-state index in [1.807, 2.05) is 12.1 Å². The van der Waals surface area contributed by atoms with Crippen LogP contribution in [0.2, 0.25) is 0 Å². The zero-order chi connectivity index (χ0) is 10.1. The van der Waals surface area contributed by atoms with Crippen LogP contribution in [0, 0.1) is 0 Å². The first-order valence-corrected chi connectivity index (χ1v) is 5.74. The Kier molecular flexibility index (Phi) is 2.76. The van der Waals surface area contributed by atoms with Gasteiger partial charge in [-0.3, -0.25) is 4.90 Å². The van der Waals surface area contributed by atoms with Crippen LogP contribution in [-0.4, -0.2) is 25.3 Å². The fraction of sp³-hybridized carbons (Fsp3) is 0.375. The van der Waals surface area contributed by atoms with Crippen LogP contribution in [0.25, 0.3) is 0 Å². The molecule has 1 atom stereocenters. The molecule has 0 radical (unpaired) electrons. The largest absolute Gasteiger partial charge is 0.447 e. The SMILES string of the molecule is NCC1COC(=O)N1c1ccc(Br)s1. The molecule has 1 amide bonds. The van der Waals surface area contributed by atoms with Crippen LogP contribution >= 0.6 is 27.3 Å². The highest BCUT2D eigenvalue weighted by atomic mass is 79.9. The van der Waals surface area contributed by atoms with Crippen LogP contribution < -0.4 is 10.6 Å². The van der Waals surface area contributed by atoms with Crippen molar-refractivity contribution >= 4 is 38.4 Å². The van der Waals surface area contributed by atoms with Gasteiger partial charge in [0.1, 0.15) is 11.6 Å². The molecule has 2 rings (SSSR count). The van der Waals surface area contributed by atoms with Crippen molar-refractivity contribution in [2.24, 2.45) is 5.73 Å². The normalized spacial score (nSPS) is 21.4. The third-order valence-corrected chi connectivity index (χ3v) is 3.65. The monoisotopic (exact) mass is 276 g/mol. The Balaban J connectivity index is 2.27. The molecular formula is C8H9BrN2O2S. The van der Waals surface area contributed by atoms with Crippen molar-refractivity contribution in [3.63, 3.8) is 0 Å². The highest BCUT2D eigenvalue weighted by Gasteiger charge is 2.33. The molecule has 0 aliphatic carbocycles. The van der Waals surface area contributed by atoms with E-state index in [4.69, 9.17) is 10.5 Å². The number of ether oxygens (including phenoxy) is 1. The zero-order valence-electron chi connectivity index (χ0n) is 7.27. The van der Waals surface area contributed by atoms with E-state index in [0.717, 1.165) is 8.79 Å². The van der Waals surface area contributed by atoms with Gasteiger partial charge in [0, 0.05) is 6.54 Å². The molecule has 1 aliphatic heterocycles. The number of rotatable bonds is 2. The van der Waals surface area contributed by atoms with Crippen molar-refractivity contribution in [1.29, 1.82) is 0 Å². The summed E-state index contributed by atoms with van der Waals surface area (Å²) >= 11 is 4.84. The first-order chi connectivity index (χ1) is 6.72. The van der Waals surface area contributed by atoms with Crippen LogP contribution in [0.3, 0.4) is 0 Å². The molecule has 1 fully saturated rings. The second kappa shape index (κ2) is 3.88. The Morgan fingerprint density at radius 3 is 3.07 bits per heavy atom. The van der Waals surface area contributed by atoms with Gasteiger partial charge in [0.05, 0.1) is 9.83 Å². The highest BCUT2D eigenvalue weighted by molar-refractivity contribution is 9.11. The molecule has 1 aromatic heterocycles. The lowest BCUT2D eigenvalue weighted by molar-refractivity contribution is 0.179. The third kappa shape index (κ3) is 1.65. The molecule has 0 aromatic carbocycles. The number of cyclic esters (lactones) is 1. The van der Waals surface area contributed by atoms with Crippen LogP contribution in [0.15, 0.2) is 15.9 Å². The summed E-state index contributed by atoms with van der Waals surface area (Å²) in [5.74, 6) is 0. The smallest absolute Gasteiger partial charge is 0.415 e. The van der Waals surface area contributed by atoms with Crippen molar-refractivity contribution < 1.29 is 9.53 Å². The van der Waals surface area contributed by atoms with E-state index < -0.39 is 0 Å². The van der Waals surface area contributed by atoms with Gasteiger partial charge < -0.3 is 10.5 Å². The van der Waals surface area contributed by atoms with Gasteiger partial charge in [-0.2, -0.15) is 0 Å². The Morgan fingerprint density at radius 2 is 2.50 bits per heavy atom. The molecule has 0 bridgehead atoms. The number of hydrogen-bond acceptors (Lipinski definition) is 4. The lowest BCUT2D eigenvalue weighted by atomic mass is 10.3. The summed E-state index contributed by atoms with van der Waals surface area (Å²) in [5, 5.41) is 0.870. The molecule has 0 spiro atoms. The molecule has 2 heterocycles. The predicted molar refractivity (Wildman–Crippen MR) is 58.7 cm³/mol. The number of thiophene rings is 1. The van der Waals surface area contributed by atoms with Crippen molar-refractivity contribution in [3.8, 4) is 0 Å². The van der Waals surface area contributed by atoms with Gasteiger partial charge in [0.15, 0.2) is 0 Å². The van der Waals surface area contributed by atoms with E-state index in [2.05, 4.69) is 15.9 Å². The van der Waals surface area contributed by atoms with Crippen LogP contribution in [0.5, 0.6) is 0 Å². The second-order valence-electron chi connectivity index (χ2n) is 2.91. The van der Waals surface area contributed by atoms with E-state index >= 15 is 0 Å². The summed E-state index contributed by atoms with van der Waals surface area (Å²) in [4.78, 5) is 13.0. The Labute approximate surface area is 93.8 Å². The molecule has 1 saturated heterocycles. The number of carbonyl (C=O) groups excluding carboxylic acids is 1. The van der Waals surface area contributed by atoms with Crippen molar-refractivity contribution in [2.45, 2.75) is 6.04 Å². The standard InChI is InChI=1S/C8H9BrN2O2S/c9-6-1-2-7(14-6)11-5(3-10)4-13-8(11)12/h1-2,5H,3-4,10H2. The maximum atomic E-state index is 11.4. The number of anilines is 1. The van der Waals surface area contributed by atoms with E-state index in [1.165, 1.54) is 11.3 Å². The molecular weight excluding hydrogens is 268 g/mol. The summed E-state index contributed by atoms with van der Waals surface area (Å²) in [7, 11) is 0. The minimum atomic E-state index is -0.310. The molecule has 1 unspecified atom stereocenters. The maximum Gasteiger partial charge on any atom is 0.415 e. The van der Waals surface area contributed by atoms with Gasteiger partial charge in [-0.05, 0) is 28.1 Å². The lowest BCUT2D eigenvalue weighted by Crippen LogP contribution is -2.38. The van der Waals surface area contributed by atoms with Gasteiger partial charge in [-0.15, -0.1) is 11.3 Å². The number of nitrogens with zero attached hydrogens (tertiary/aromatic N) is 1. The minimum Gasteiger partial charge on any atom is -0.447 e. The molecule has 1 aromatic rings. The molecule has 4 nitrogen and oxygen atoms in total. The van der Waals surface area contributed by atoms with Gasteiger partial charge in [0.2, 0.25) is 0 Å². The Morgan fingerprint density at radius 1 is 1.71 bits per heavy atom. The zero-order valence-corrected chi connectivity index (χ0v) is 9.68. The second-order valence-corrected chi connectivity index (χ2v) is 5.36. The van der Waals surface area contributed by atoms with Gasteiger partial charge in [-0.1, -0.05) is 0 Å². The predicted octanol–water partition coefficient (Wildman–Crippen LogP) is 1.79. The lowest BCUT2D eigenvalue weighted by Gasteiger charge is -2.17. The van der Waals surface area contributed by atoms with Gasteiger partial charge in [0.25, 0.3) is 0 Å². The summed E-state index contributed by atoms with van der Waals surface area (Å²) in [6.07, 6.45) is -0.310. The fourth-order valence-corrected chi connectivity index (χ4v) is 2.76. The first-order valence-electron chi connectivity index (χ1n) is 4.13. The average molecular weight is 277 g/mol. The quantitative estimate of drug-likeness (QED) is 0.896. The van der Waals surface area contributed by atoms with Gasteiger partial charge >= 0.3 is 6.09 Å². The minimum absolute atomic E-state index is 0.0342. The first kappa shape index (κ1) is 9.95. The molecule has 1 aliphatic rings. The Bertz CT molecular complexity index is 355. The van der Waals surface area contributed by atoms with Crippen LogP contribution in [0.4, 0.5) is 9.80 Å². The maximum absolute atomic E-state index is 11.4. The van der Waals surface area contributed by atoms with E-state index in [-0.39, 0.29) is 12.1 Å². The number of nitrogens with two attached hydrogens (primary N) is 1. The van der Waals surface area contributed by atoms with Crippen LogP contribution in [-0.2, 0) is 4.74 Å². The number of halogens is 1.